The first kappa shape index (κ1) is 17.5. The fourth-order valence-corrected chi connectivity index (χ4v) is 9.31. The monoisotopic (exact) mass is 390 g/mol. The average Bonchev–Trinajstić information content (AvgIpc) is 3.06. The van der Waals surface area contributed by atoms with Crippen molar-refractivity contribution in [3.8, 4) is 0 Å². The molecular weight excluding hydrogens is 356 g/mol. The molecule has 0 radical (unpaired) electrons. The van der Waals surface area contributed by atoms with Gasteiger partial charge in [0.1, 0.15) is 12.4 Å². The molecule has 7 rings (SSSR count). The van der Waals surface area contributed by atoms with Crippen molar-refractivity contribution in [3.63, 3.8) is 0 Å². The second-order valence-electron chi connectivity index (χ2n) is 11.4. The molecule has 8 atom stereocenters. The summed E-state index contributed by atoms with van der Waals surface area (Å²) in [5.41, 5.74) is 0.429. The zero-order valence-electron chi connectivity index (χ0n) is 17.3. The third-order valence-corrected chi connectivity index (χ3v) is 10.8. The van der Waals surface area contributed by atoms with Crippen molar-refractivity contribution in [2.45, 2.75) is 88.3 Å². The summed E-state index contributed by atoms with van der Waals surface area (Å²) in [7, 11) is 0. The Balaban J connectivity index is 1.22. The first-order valence-electron chi connectivity index (χ1n) is 11.6. The second kappa shape index (κ2) is 5.16. The average molecular weight is 391 g/mol. The summed E-state index contributed by atoms with van der Waals surface area (Å²) in [6, 6.07) is 0. The zero-order valence-corrected chi connectivity index (χ0v) is 17.3. The van der Waals surface area contributed by atoms with E-state index in [2.05, 4.69) is 13.8 Å². The van der Waals surface area contributed by atoms with E-state index in [1.54, 1.807) is 0 Å². The van der Waals surface area contributed by atoms with E-state index >= 15 is 0 Å². The van der Waals surface area contributed by atoms with Crippen molar-refractivity contribution in [3.05, 3.63) is 0 Å². The molecule has 4 aliphatic carbocycles. The topological polar surface area (TPSA) is 49.5 Å². The van der Waals surface area contributed by atoms with E-state index in [0.717, 1.165) is 50.9 Å². The highest BCUT2D eigenvalue weighted by Crippen LogP contribution is 2.75. The van der Waals surface area contributed by atoms with Gasteiger partial charge in [0.15, 0.2) is 5.79 Å². The van der Waals surface area contributed by atoms with Crippen molar-refractivity contribution in [1.82, 2.24) is 0 Å². The minimum absolute atomic E-state index is 0.0461. The Hall–Kier alpha value is -0.200. The third kappa shape index (κ3) is 1.80. The van der Waals surface area contributed by atoms with E-state index in [0.29, 0.717) is 18.8 Å². The molecule has 0 aromatic rings. The van der Waals surface area contributed by atoms with Gasteiger partial charge in [-0.1, -0.05) is 13.8 Å². The summed E-state index contributed by atoms with van der Waals surface area (Å²) in [5.74, 6) is 1.94. The molecule has 156 valence electrons. The van der Waals surface area contributed by atoms with Crippen LogP contribution in [0, 0.1) is 28.6 Å². The molecule has 7 fully saturated rings. The number of fused-ring (bicyclic) bond motifs is 5. The molecule has 3 saturated heterocycles. The maximum Gasteiger partial charge on any atom is 0.174 e. The number of hydrogen-bond donors (Lipinski definition) is 0. The Kier molecular flexibility index (Phi) is 3.22. The summed E-state index contributed by atoms with van der Waals surface area (Å²) in [5, 5.41) is 0. The first-order valence-corrected chi connectivity index (χ1v) is 11.6. The van der Waals surface area contributed by atoms with E-state index in [4.69, 9.17) is 23.7 Å². The van der Waals surface area contributed by atoms with E-state index in [1.807, 2.05) is 0 Å². The Morgan fingerprint density at radius 1 is 0.821 bits per heavy atom. The molecule has 5 heteroatoms. The van der Waals surface area contributed by atoms with Crippen LogP contribution in [-0.4, -0.2) is 49.7 Å². The van der Waals surface area contributed by atoms with Crippen LogP contribution in [0.25, 0.3) is 0 Å². The lowest BCUT2D eigenvalue weighted by Crippen LogP contribution is -2.62. The molecule has 3 aliphatic heterocycles. The van der Waals surface area contributed by atoms with Crippen molar-refractivity contribution in [2.75, 3.05) is 26.6 Å². The summed E-state index contributed by atoms with van der Waals surface area (Å²) >= 11 is 0. The molecule has 0 N–H and O–H groups in total. The van der Waals surface area contributed by atoms with E-state index in [1.165, 1.54) is 32.1 Å². The Morgan fingerprint density at radius 3 is 2.39 bits per heavy atom. The molecule has 28 heavy (non-hydrogen) atoms. The Labute approximate surface area is 167 Å². The normalized spacial score (nSPS) is 61.1. The molecule has 0 bridgehead atoms. The van der Waals surface area contributed by atoms with Gasteiger partial charge in [-0.3, -0.25) is 0 Å². The Bertz CT molecular complexity index is 697. The van der Waals surface area contributed by atoms with Gasteiger partial charge in [-0.2, -0.15) is 0 Å². The van der Waals surface area contributed by atoms with Crippen molar-refractivity contribution >= 4 is 0 Å². The maximum absolute atomic E-state index is 6.65. The van der Waals surface area contributed by atoms with Gasteiger partial charge in [-0.15, -0.1) is 0 Å². The lowest BCUT2D eigenvalue weighted by atomic mass is 9.44. The van der Waals surface area contributed by atoms with Gasteiger partial charge in [0.25, 0.3) is 0 Å². The zero-order chi connectivity index (χ0) is 18.8. The molecule has 0 aromatic heterocycles. The fourth-order valence-electron chi connectivity index (χ4n) is 9.31. The third-order valence-electron chi connectivity index (χ3n) is 10.8. The second-order valence-corrected chi connectivity index (χ2v) is 11.4. The maximum atomic E-state index is 6.65. The molecule has 0 amide bonds. The summed E-state index contributed by atoms with van der Waals surface area (Å²) in [6.45, 7) is 7.80. The summed E-state index contributed by atoms with van der Waals surface area (Å²) < 4.78 is 31.0. The van der Waals surface area contributed by atoms with Crippen LogP contribution in [0.2, 0.25) is 0 Å². The van der Waals surface area contributed by atoms with Crippen LogP contribution in [0.5, 0.6) is 0 Å². The van der Waals surface area contributed by atoms with Crippen LogP contribution in [0.4, 0.5) is 0 Å². The number of ether oxygens (including phenoxy) is 5. The minimum Gasteiger partial charge on any atom is -0.365 e. The minimum atomic E-state index is -0.297. The van der Waals surface area contributed by atoms with Gasteiger partial charge in [0, 0.05) is 23.7 Å². The highest BCUT2D eigenvalue weighted by molar-refractivity contribution is 5.26. The highest BCUT2D eigenvalue weighted by atomic mass is 16.7. The summed E-state index contributed by atoms with van der Waals surface area (Å²) in [6.07, 6.45) is 9.91. The van der Waals surface area contributed by atoms with Crippen LogP contribution >= 0.6 is 0 Å². The fraction of sp³-hybridized carbons (Fsp3) is 1.00. The van der Waals surface area contributed by atoms with Crippen molar-refractivity contribution in [2.24, 2.45) is 28.6 Å². The van der Waals surface area contributed by atoms with Gasteiger partial charge >= 0.3 is 0 Å². The van der Waals surface area contributed by atoms with Gasteiger partial charge in [-0.05, 0) is 56.3 Å². The van der Waals surface area contributed by atoms with Crippen LogP contribution in [-0.2, 0) is 23.7 Å². The standard InChI is InChI=1S/C23H34O5/c1-19-7-8-21(13-24-14-27-21)12-22(19)18(28-22)11-15-16(19)3-5-20(2)17(15)4-6-23(20)25-9-10-26-23/h15-18H,3-14H2,1-2H3/t15?,16?,17?,18-,19+,20-,21?,22-/m0/s1. The lowest BCUT2D eigenvalue weighted by molar-refractivity contribution is -0.246. The smallest absolute Gasteiger partial charge is 0.174 e. The molecule has 4 unspecified atom stereocenters. The Morgan fingerprint density at radius 2 is 1.61 bits per heavy atom. The summed E-state index contributed by atoms with van der Waals surface area (Å²) in [4.78, 5) is 0. The van der Waals surface area contributed by atoms with Gasteiger partial charge in [0.2, 0.25) is 0 Å². The first-order chi connectivity index (χ1) is 13.5. The van der Waals surface area contributed by atoms with Crippen molar-refractivity contribution < 1.29 is 23.7 Å². The predicted molar refractivity (Wildman–Crippen MR) is 100 cm³/mol. The van der Waals surface area contributed by atoms with Crippen LogP contribution in [0.1, 0.15) is 65.2 Å². The quantitative estimate of drug-likeness (QED) is 0.591. The number of epoxide rings is 1. The highest BCUT2D eigenvalue weighted by Gasteiger charge is 2.79. The molecule has 4 saturated carbocycles. The van der Waals surface area contributed by atoms with Crippen LogP contribution in [0.15, 0.2) is 0 Å². The largest absolute Gasteiger partial charge is 0.365 e. The lowest BCUT2D eigenvalue weighted by Gasteiger charge is -2.60. The molecule has 0 aromatic carbocycles. The molecule has 3 heterocycles. The van der Waals surface area contributed by atoms with Crippen LogP contribution in [0.3, 0.4) is 0 Å². The number of rotatable bonds is 0. The molecule has 7 aliphatic rings. The molecular formula is C23H34O5. The van der Waals surface area contributed by atoms with E-state index in [9.17, 15) is 0 Å². The van der Waals surface area contributed by atoms with Gasteiger partial charge in [-0.25, -0.2) is 0 Å². The van der Waals surface area contributed by atoms with Crippen LogP contribution < -0.4 is 0 Å². The van der Waals surface area contributed by atoms with Crippen molar-refractivity contribution in [1.29, 1.82) is 0 Å². The molecule has 3 spiro atoms. The predicted octanol–water partition coefficient (Wildman–Crippen LogP) is 3.65. The van der Waals surface area contributed by atoms with Gasteiger partial charge < -0.3 is 23.7 Å². The van der Waals surface area contributed by atoms with E-state index in [-0.39, 0.29) is 27.8 Å². The van der Waals surface area contributed by atoms with Gasteiger partial charge in [0.05, 0.1) is 31.5 Å². The molecule has 5 nitrogen and oxygen atoms in total. The van der Waals surface area contributed by atoms with E-state index < -0.39 is 0 Å². The number of hydrogen-bond acceptors (Lipinski definition) is 5. The SMILES string of the molecule is C[C@]12CCC3C(C[C@@H]4O[C@@]45CC4(CC[C@]35C)COCO4)C1CCC21OCCO1.